The SMILES string of the molecule is N#CC1(NC(=O)COC(=O)CCSc2ccccc2)CCCCC1. The molecule has 1 aromatic carbocycles. The van der Waals surface area contributed by atoms with Crippen LogP contribution in [0.15, 0.2) is 35.2 Å². The van der Waals surface area contributed by atoms with Gasteiger partial charge in [0.1, 0.15) is 5.54 Å². The third-order valence-corrected chi connectivity index (χ3v) is 5.00. The summed E-state index contributed by atoms with van der Waals surface area (Å²) in [4.78, 5) is 24.7. The summed E-state index contributed by atoms with van der Waals surface area (Å²) in [6.07, 6.45) is 4.53. The van der Waals surface area contributed by atoms with Crippen molar-refractivity contribution in [2.24, 2.45) is 0 Å². The van der Waals surface area contributed by atoms with Gasteiger partial charge in [-0.1, -0.05) is 37.5 Å². The van der Waals surface area contributed by atoms with Crippen LogP contribution in [0.25, 0.3) is 0 Å². The molecule has 0 saturated heterocycles. The number of thioether (sulfide) groups is 1. The lowest BCUT2D eigenvalue weighted by atomic mass is 9.83. The highest BCUT2D eigenvalue weighted by Gasteiger charge is 2.33. The second-order valence-corrected chi connectivity index (χ2v) is 7.04. The van der Waals surface area contributed by atoms with Gasteiger partial charge in [-0.05, 0) is 25.0 Å². The van der Waals surface area contributed by atoms with E-state index < -0.39 is 17.4 Å². The van der Waals surface area contributed by atoms with E-state index in [0.29, 0.717) is 18.6 Å². The molecule has 0 radical (unpaired) electrons. The predicted octanol–water partition coefficient (Wildman–Crippen LogP) is 3.05. The minimum atomic E-state index is -0.787. The molecule has 0 unspecified atom stereocenters. The summed E-state index contributed by atoms with van der Waals surface area (Å²) in [5.74, 6) is -0.196. The van der Waals surface area contributed by atoms with Crippen molar-refractivity contribution in [3.8, 4) is 6.07 Å². The molecular weight excluding hydrogens is 324 g/mol. The smallest absolute Gasteiger partial charge is 0.307 e. The Morgan fingerprint density at radius 2 is 1.92 bits per heavy atom. The van der Waals surface area contributed by atoms with Gasteiger partial charge < -0.3 is 10.1 Å². The molecule has 0 bridgehead atoms. The second kappa shape index (κ2) is 9.33. The van der Waals surface area contributed by atoms with Gasteiger partial charge >= 0.3 is 5.97 Å². The first-order valence-electron chi connectivity index (χ1n) is 8.19. The number of carbonyl (C=O) groups is 2. The van der Waals surface area contributed by atoms with Crippen molar-refractivity contribution in [3.63, 3.8) is 0 Å². The summed E-state index contributed by atoms with van der Waals surface area (Å²) >= 11 is 1.57. The van der Waals surface area contributed by atoms with Gasteiger partial charge in [-0.25, -0.2) is 0 Å². The quantitative estimate of drug-likeness (QED) is 0.606. The Balaban J connectivity index is 1.65. The van der Waals surface area contributed by atoms with E-state index in [9.17, 15) is 14.9 Å². The molecule has 128 valence electrons. The van der Waals surface area contributed by atoms with Gasteiger partial charge in [0.2, 0.25) is 0 Å². The topological polar surface area (TPSA) is 79.2 Å². The van der Waals surface area contributed by atoms with Gasteiger partial charge in [-0.2, -0.15) is 5.26 Å². The van der Waals surface area contributed by atoms with Gasteiger partial charge in [-0.15, -0.1) is 11.8 Å². The number of carbonyl (C=O) groups excluding carboxylic acids is 2. The van der Waals surface area contributed by atoms with E-state index >= 15 is 0 Å². The summed E-state index contributed by atoms with van der Waals surface area (Å²) in [5.41, 5.74) is -0.787. The molecule has 5 nitrogen and oxygen atoms in total. The average Bonchev–Trinajstić information content (AvgIpc) is 2.62. The molecule has 1 aliphatic rings. The summed E-state index contributed by atoms with van der Waals surface area (Å²) < 4.78 is 5.00. The van der Waals surface area contributed by atoms with Crippen molar-refractivity contribution in [1.82, 2.24) is 5.32 Å². The first kappa shape index (κ1) is 18.3. The highest BCUT2D eigenvalue weighted by Crippen LogP contribution is 2.27. The first-order valence-corrected chi connectivity index (χ1v) is 9.18. The zero-order valence-corrected chi connectivity index (χ0v) is 14.4. The van der Waals surface area contributed by atoms with Crippen molar-refractivity contribution in [3.05, 3.63) is 30.3 Å². The molecule has 2 rings (SSSR count). The van der Waals surface area contributed by atoms with Crippen LogP contribution in [0, 0.1) is 11.3 Å². The van der Waals surface area contributed by atoms with E-state index in [1.165, 1.54) is 0 Å². The lowest BCUT2D eigenvalue weighted by Crippen LogP contribution is -2.50. The summed E-state index contributed by atoms with van der Waals surface area (Å²) in [6, 6.07) is 12.0. The van der Waals surface area contributed by atoms with Crippen molar-refractivity contribution in [2.45, 2.75) is 49.0 Å². The number of nitrogens with one attached hydrogen (secondary N) is 1. The molecule has 0 atom stereocenters. The number of ether oxygens (including phenoxy) is 1. The normalized spacial score (nSPS) is 16.0. The fraction of sp³-hybridized carbons (Fsp3) is 0.500. The molecule has 24 heavy (non-hydrogen) atoms. The number of nitrogens with zero attached hydrogens (tertiary/aromatic N) is 1. The van der Waals surface area contributed by atoms with Crippen LogP contribution in [0.1, 0.15) is 38.5 Å². The second-order valence-electron chi connectivity index (χ2n) is 5.87. The molecule has 6 heteroatoms. The largest absolute Gasteiger partial charge is 0.456 e. The maximum atomic E-state index is 11.9. The number of esters is 1. The van der Waals surface area contributed by atoms with Crippen molar-refractivity contribution >= 4 is 23.6 Å². The summed E-state index contributed by atoms with van der Waals surface area (Å²) in [6.45, 7) is -0.321. The zero-order valence-electron chi connectivity index (χ0n) is 13.6. The van der Waals surface area contributed by atoms with Crippen LogP contribution in [0.5, 0.6) is 0 Å². The first-order chi connectivity index (χ1) is 11.6. The Labute approximate surface area is 146 Å². The Hall–Kier alpha value is -2.00. The molecule has 1 aromatic rings. The van der Waals surface area contributed by atoms with Crippen LogP contribution >= 0.6 is 11.8 Å². The van der Waals surface area contributed by atoms with Gasteiger partial charge in [0.05, 0.1) is 12.5 Å². The molecular formula is C18H22N2O3S. The fourth-order valence-corrected chi connectivity index (χ4v) is 3.56. The van der Waals surface area contributed by atoms with E-state index in [4.69, 9.17) is 4.74 Å². The Kier molecular flexibility index (Phi) is 7.13. The Morgan fingerprint density at radius 1 is 1.21 bits per heavy atom. The van der Waals surface area contributed by atoms with E-state index in [1.54, 1.807) is 11.8 Å². The Morgan fingerprint density at radius 3 is 2.58 bits per heavy atom. The third-order valence-electron chi connectivity index (χ3n) is 3.98. The molecule has 1 N–H and O–H groups in total. The highest BCUT2D eigenvalue weighted by molar-refractivity contribution is 7.99. The molecule has 0 spiro atoms. The monoisotopic (exact) mass is 346 g/mol. The van der Waals surface area contributed by atoms with Crippen molar-refractivity contribution in [1.29, 1.82) is 5.26 Å². The van der Waals surface area contributed by atoms with E-state index in [0.717, 1.165) is 24.2 Å². The number of hydrogen-bond acceptors (Lipinski definition) is 5. The minimum absolute atomic E-state index is 0.246. The maximum Gasteiger partial charge on any atom is 0.307 e. The average molecular weight is 346 g/mol. The fourth-order valence-electron chi connectivity index (χ4n) is 2.71. The Bertz CT molecular complexity index is 592. The van der Waals surface area contributed by atoms with E-state index in [-0.39, 0.29) is 13.0 Å². The van der Waals surface area contributed by atoms with Gasteiger partial charge in [0, 0.05) is 10.6 Å². The van der Waals surface area contributed by atoms with Crippen LogP contribution < -0.4 is 5.32 Å². The molecule has 1 amide bonds. The predicted molar refractivity (Wildman–Crippen MR) is 92.3 cm³/mol. The van der Waals surface area contributed by atoms with Gasteiger partial charge in [0.15, 0.2) is 6.61 Å². The van der Waals surface area contributed by atoms with E-state index in [1.807, 2.05) is 30.3 Å². The number of hydrogen-bond donors (Lipinski definition) is 1. The number of rotatable bonds is 7. The lowest BCUT2D eigenvalue weighted by Gasteiger charge is -2.31. The molecule has 0 aromatic heterocycles. The molecule has 1 aliphatic carbocycles. The number of nitriles is 1. The molecule has 1 fully saturated rings. The summed E-state index contributed by atoms with van der Waals surface area (Å²) in [5, 5.41) is 12.1. The molecule has 1 saturated carbocycles. The molecule has 0 heterocycles. The number of amides is 1. The highest BCUT2D eigenvalue weighted by atomic mass is 32.2. The summed E-state index contributed by atoms with van der Waals surface area (Å²) in [7, 11) is 0. The maximum absolute atomic E-state index is 11.9. The lowest BCUT2D eigenvalue weighted by molar-refractivity contribution is -0.148. The van der Waals surface area contributed by atoms with Crippen molar-refractivity contribution < 1.29 is 14.3 Å². The van der Waals surface area contributed by atoms with Crippen LogP contribution in [-0.2, 0) is 14.3 Å². The zero-order chi connectivity index (χ0) is 17.3. The van der Waals surface area contributed by atoms with E-state index in [2.05, 4.69) is 11.4 Å². The number of benzene rings is 1. The molecule has 0 aliphatic heterocycles. The third kappa shape index (κ3) is 5.89. The van der Waals surface area contributed by atoms with Gasteiger partial charge in [0.25, 0.3) is 5.91 Å². The minimum Gasteiger partial charge on any atom is -0.456 e. The van der Waals surface area contributed by atoms with Crippen LogP contribution in [0.4, 0.5) is 0 Å². The van der Waals surface area contributed by atoms with Crippen molar-refractivity contribution in [2.75, 3.05) is 12.4 Å². The van der Waals surface area contributed by atoms with Crippen LogP contribution in [0.2, 0.25) is 0 Å². The van der Waals surface area contributed by atoms with Crippen LogP contribution in [0.3, 0.4) is 0 Å². The van der Waals surface area contributed by atoms with Crippen LogP contribution in [-0.4, -0.2) is 29.8 Å². The standard InChI is InChI=1S/C18H22N2O3S/c19-14-18(10-5-2-6-11-18)20-16(21)13-23-17(22)9-12-24-15-7-3-1-4-8-15/h1,3-4,7-8H,2,5-6,9-13H2,(H,20,21). The van der Waals surface area contributed by atoms with Gasteiger partial charge in [-0.3, -0.25) is 9.59 Å².